The molecule has 0 saturated heterocycles. The fourth-order valence-corrected chi connectivity index (χ4v) is 5.22. The van der Waals surface area contributed by atoms with E-state index in [2.05, 4.69) is 11.6 Å². The minimum atomic E-state index is -0.676. The zero-order chi connectivity index (χ0) is 20.9. The van der Waals surface area contributed by atoms with Crippen LogP contribution in [0, 0.1) is 0 Å². The van der Waals surface area contributed by atoms with Gasteiger partial charge < -0.3 is 19.2 Å². The van der Waals surface area contributed by atoms with E-state index in [1.54, 1.807) is 23.7 Å². The summed E-state index contributed by atoms with van der Waals surface area (Å²) in [5.41, 5.74) is 1.12. The lowest BCUT2D eigenvalue weighted by Crippen LogP contribution is -2.35. The zero-order valence-electron chi connectivity index (χ0n) is 16.9. The minimum absolute atomic E-state index is 0.0674. The Morgan fingerprint density at radius 2 is 2.27 bits per heavy atom. The number of nitrogens with one attached hydrogen (secondary N) is 1. The number of hydrogen-bond acceptors (Lipinski definition) is 7. The number of hydrogen-bond donors (Lipinski definition) is 2. The number of thiophene rings is 1. The number of aromatic amines is 1. The molecule has 0 aromatic carbocycles. The lowest BCUT2D eigenvalue weighted by atomic mass is 9.97. The summed E-state index contributed by atoms with van der Waals surface area (Å²) in [5.74, 6) is 1.38. The zero-order valence-corrected chi connectivity index (χ0v) is 17.7. The third kappa shape index (κ3) is 4.89. The van der Waals surface area contributed by atoms with Crippen molar-refractivity contribution in [1.82, 2.24) is 14.9 Å². The number of aryl methyl sites for hydroxylation is 2. The second-order valence-corrected chi connectivity index (χ2v) is 8.72. The van der Waals surface area contributed by atoms with Crippen LogP contribution in [-0.4, -0.2) is 45.8 Å². The van der Waals surface area contributed by atoms with Crippen molar-refractivity contribution in [3.8, 4) is 0 Å². The molecule has 2 N–H and O–H groups in total. The van der Waals surface area contributed by atoms with Crippen LogP contribution in [0.3, 0.4) is 0 Å². The first-order valence-corrected chi connectivity index (χ1v) is 11.1. The maximum absolute atomic E-state index is 12.8. The summed E-state index contributed by atoms with van der Waals surface area (Å²) in [5, 5.41) is 11.1. The highest BCUT2D eigenvalue weighted by atomic mass is 32.1. The molecular weight excluding hydrogens is 402 g/mol. The first-order valence-electron chi connectivity index (χ1n) is 10.3. The van der Waals surface area contributed by atoms with E-state index < -0.39 is 6.10 Å². The van der Waals surface area contributed by atoms with Crippen LogP contribution in [0.4, 0.5) is 0 Å². The molecule has 3 aromatic rings. The molecule has 1 aliphatic carbocycles. The molecule has 1 aliphatic rings. The quantitative estimate of drug-likeness (QED) is 0.380. The van der Waals surface area contributed by atoms with Gasteiger partial charge >= 0.3 is 0 Å². The van der Waals surface area contributed by atoms with Gasteiger partial charge in [0.2, 0.25) is 0 Å². The van der Waals surface area contributed by atoms with E-state index >= 15 is 0 Å². The third-order valence-corrected chi connectivity index (χ3v) is 6.41. The van der Waals surface area contributed by atoms with Gasteiger partial charge in [0.05, 0.1) is 44.1 Å². The Morgan fingerprint density at radius 1 is 1.40 bits per heavy atom. The Labute approximate surface area is 179 Å². The Balaban J connectivity index is 1.54. The van der Waals surface area contributed by atoms with Gasteiger partial charge in [-0.05, 0) is 43.4 Å². The van der Waals surface area contributed by atoms with Crippen LogP contribution in [-0.2, 0) is 30.7 Å². The fourth-order valence-electron chi connectivity index (χ4n) is 3.94. The molecule has 7 nitrogen and oxygen atoms in total. The maximum Gasteiger partial charge on any atom is 0.259 e. The Morgan fingerprint density at radius 3 is 3.07 bits per heavy atom. The van der Waals surface area contributed by atoms with Crippen LogP contribution >= 0.6 is 11.3 Å². The molecule has 30 heavy (non-hydrogen) atoms. The van der Waals surface area contributed by atoms with Crippen molar-refractivity contribution in [2.75, 3.05) is 19.8 Å². The first kappa shape index (κ1) is 21.0. The highest BCUT2D eigenvalue weighted by Crippen LogP contribution is 2.33. The number of ether oxygens (including phenoxy) is 1. The number of aliphatic hydroxyl groups is 1. The molecule has 0 aliphatic heterocycles. The van der Waals surface area contributed by atoms with Crippen molar-refractivity contribution in [3.63, 3.8) is 0 Å². The second-order valence-electron chi connectivity index (χ2n) is 7.63. The molecule has 0 radical (unpaired) electrons. The summed E-state index contributed by atoms with van der Waals surface area (Å²) in [6, 6.07) is 3.72. The highest BCUT2D eigenvalue weighted by molar-refractivity contribution is 7.18. The molecule has 0 bridgehead atoms. The molecule has 0 spiro atoms. The Bertz CT molecular complexity index is 1040. The smallest absolute Gasteiger partial charge is 0.259 e. The SMILES string of the molecule is C=CCOCC(O)CN(Cc1nc2sc3c(c2c(=O)[nH]1)CCCC3)Cc1ccco1. The standard InChI is InChI=1S/C22H27N3O4S/c1-2-9-28-14-15(26)11-25(12-16-6-5-10-29-16)13-19-23-21(27)20-17-7-3-4-8-18(17)30-22(20)24-19/h2,5-6,10,15,26H,1,3-4,7-9,11-14H2,(H,23,24,27). The van der Waals surface area contributed by atoms with Crippen LogP contribution in [0.15, 0.2) is 40.3 Å². The monoisotopic (exact) mass is 429 g/mol. The molecule has 1 atom stereocenters. The summed E-state index contributed by atoms with van der Waals surface area (Å²) >= 11 is 1.64. The molecule has 1 unspecified atom stereocenters. The van der Waals surface area contributed by atoms with Crippen LogP contribution in [0.1, 0.15) is 34.9 Å². The number of H-pyrrole nitrogens is 1. The number of aliphatic hydroxyl groups excluding tert-OH is 1. The average Bonchev–Trinajstić information content (AvgIpc) is 3.35. The van der Waals surface area contributed by atoms with Gasteiger partial charge in [-0.25, -0.2) is 4.98 Å². The molecule has 3 heterocycles. The van der Waals surface area contributed by atoms with Gasteiger partial charge in [0.1, 0.15) is 16.4 Å². The molecule has 8 heteroatoms. The van der Waals surface area contributed by atoms with Crippen molar-refractivity contribution in [3.05, 3.63) is 63.4 Å². The van der Waals surface area contributed by atoms with Crippen molar-refractivity contribution in [2.24, 2.45) is 0 Å². The lowest BCUT2D eigenvalue weighted by Gasteiger charge is -2.23. The highest BCUT2D eigenvalue weighted by Gasteiger charge is 2.21. The van der Waals surface area contributed by atoms with Gasteiger partial charge in [-0.15, -0.1) is 17.9 Å². The molecule has 3 aromatic heterocycles. The van der Waals surface area contributed by atoms with E-state index in [1.807, 2.05) is 17.0 Å². The number of fused-ring (bicyclic) bond motifs is 3. The van der Waals surface area contributed by atoms with Crippen LogP contribution in [0.25, 0.3) is 10.2 Å². The number of nitrogens with zero attached hydrogens (tertiary/aromatic N) is 2. The average molecular weight is 430 g/mol. The molecular formula is C22H27N3O4S. The summed E-state index contributed by atoms with van der Waals surface area (Å²) < 4.78 is 10.8. The van der Waals surface area contributed by atoms with Gasteiger partial charge in [-0.1, -0.05) is 6.08 Å². The number of furan rings is 1. The Hall–Kier alpha value is -2.26. The fraction of sp³-hybridized carbons (Fsp3) is 0.455. The van der Waals surface area contributed by atoms with E-state index in [0.29, 0.717) is 32.1 Å². The summed E-state index contributed by atoms with van der Waals surface area (Å²) in [6.07, 6.45) is 6.89. The van der Waals surface area contributed by atoms with Crippen LogP contribution < -0.4 is 5.56 Å². The molecule has 160 valence electrons. The van der Waals surface area contributed by atoms with E-state index in [1.165, 1.54) is 16.9 Å². The topological polar surface area (TPSA) is 91.6 Å². The number of rotatable bonds is 10. The van der Waals surface area contributed by atoms with Crippen molar-refractivity contribution in [1.29, 1.82) is 0 Å². The minimum Gasteiger partial charge on any atom is -0.468 e. The third-order valence-electron chi connectivity index (χ3n) is 5.22. The summed E-state index contributed by atoms with van der Waals surface area (Å²) in [6.45, 7) is 5.46. The predicted octanol–water partition coefficient (Wildman–Crippen LogP) is 3.02. The lowest BCUT2D eigenvalue weighted by molar-refractivity contribution is 0.0210. The molecule has 0 saturated carbocycles. The molecule has 4 rings (SSSR count). The maximum atomic E-state index is 12.8. The second kappa shape index (κ2) is 9.70. The number of aromatic nitrogens is 2. The Kier molecular flexibility index (Phi) is 6.79. The van der Waals surface area contributed by atoms with Crippen LogP contribution in [0.5, 0.6) is 0 Å². The van der Waals surface area contributed by atoms with Gasteiger partial charge in [0.25, 0.3) is 5.56 Å². The predicted molar refractivity (Wildman–Crippen MR) is 117 cm³/mol. The van der Waals surface area contributed by atoms with Crippen molar-refractivity contribution in [2.45, 2.75) is 44.9 Å². The first-order chi connectivity index (χ1) is 14.6. The van der Waals surface area contributed by atoms with E-state index in [-0.39, 0.29) is 12.2 Å². The van der Waals surface area contributed by atoms with E-state index in [0.717, 1.165) is 35.2 Å². The van der Waals surface area contributed by atoms with Gasteiger partial charge in [-0.2, -0.15) is 0 Å². The van der Waals surface area contributed by atoms with E-state index in [9.17, 15) is 9.90 Å². The van der Waals surface area contributed by atoms with E-state index in [4.69, 9.17) is 14.1 Å². The van der Waals surface area contributed by atoms with Crippen molar-refractivity contribution < 1.29 is 14.3 Å². The molecule has 0 amide bonds. The van der Waals surface area contributed by atoms with Gasteiger partial charge in [-0.3, -0.25) is 9.69 Å². The summed E-state index contributed by atoms with van der Waals surface area (Å²) in [4.78, 5) is 24.7. The van der Waals surface area contributed by atoms with Gasteiger partial charge in [0, 0.05) is 11.4 Å². The van der Waals surface area contributed by atoms with Crippen molar-refractivity contribution >= 4 is 21.6 Å². The normalized spacial score (nSPS) is 14.9. The van der Waals surface area contributed by atoms with Gasteiger partial charge in [0.15, 0.2) is 0 Å². The summed E-state index contributed by atoms with van der Waals surface area (Å²) in [7, 11) is 0. The molecule has 0 fully saturated rings. The largest absolute Gasteiger partial charge is 0.468 e. The van der Waals surface area contributed by atoms with Crippen LogP contribution in [0.2, 0.25) is 0 Å².